The standard InChI is InChI=1S/C12H15N3O2/c1-8-10(12(16)17)11-14(6-7-15(11)13-8)9-4-2-3-5-9/h6-7,9H,2-5H2,1H3,(H,16,17). The molecule has 2 heterocycles. The van der Waals surface area contributed by atoms with Crippen LogP contribution in [0.25, 0.3) is 5.65 Å². The summed E-state index contributed by atoms with van der Waals surface area (Å²) >= 11 is 0. The summed E-state index contributed by atoms with van der Waals surface area (Å²) in [5.74, 6) is -0.893. The smallest absolute Gasteiger partial charge is 0.341 e. The second kappa shape index (κ2) is 3.61. The molecule has 0 spiro atoms. The minimum Gasteiger partial charge on any atom is -0.477 e. The molecular weight excluding hydrogens is 218 g/mol. The lowest BCUT2D eigenvalue weighted by molar-refractivity contribution is 0.0697. The van der Waals surface area contributed by atoms with Crippen molar-refractivity contribution in [3.05, 3.63) is 23.7 Å². The largest absolute Gasteiger partial charge is 0.477 e. The van der Waals surface area contributed by atoms with E-state index in [4.69, 9.17) is 0 Å². The van der Waals surface area contributed by atoms with Crippen molar-refractivity contribution in [2.45, 2.75) is 38.6 Å². The molecule has 0 saturated heterocycles. The van der Waals surface area contributed by atoms with Crippen LogP contribution in [0, 0.1) is 6.92 Å². The van der Waals surface area contributed by atoms with E-state index in [-0.39, 0.29) is 0 Å². The third kappa shape index (κ3) is 1.45. The number of aromatic nitrogens is 3. The molecule has 5 nitrogen and oxygen atoms in total. The van der Waals surface area contributed by atoms with Gasteiger partial charge in [-0.3, -0.25) is 0 Å². The number of imidazole rings is 1. The Bertz CT molecular complexity index is 576. The van der Waals surface area contributed by atoms with Crippen molar-refractivity contribution in [2.75, 3.05) is 0 Å². The number of carboxylic acids is 1. The van der Waals surface area contributed by atoms with Gasteiger partial charge in [-0.2, -0.15) is 5.10 Å². The second-order valence-corrected chi connectivity index (χ2v) is 4.68. The highest BCUT2D eigenvalue weighted by atomic mass is 16.4. The van der Waals surface area contributed by atoms with Crippen LogP contribution in [-0.2, 0) is 0 Å². The number of aromatic carboxylic acids is 1. The minimum absolute atomic E-state index is 0.335. The number of rotatable bonds is 2. The molecule has 2 aromatic rings. The minimum atomic E-state index is -0.893. The monoisotopic (exact) mass is 233 g/mol. The molecule has 0 unspecified atom stereocenters. The van der Waals surface area contributed by atoms with Crippen LogP contribution in [0.4, 0.5) is 0 Å². The van der Waals surface area contributed by atoms with Crippen molar-refractivity contribution >= 4 is 11.6 Å². The Morgan fingerprint density at radius 1 is 1.41 bits per heavy atom. The molecular formula is C12H15N3O2. The molecule has 0 radical (unpaired) electrons. The number of aryl methyl sites for hydroxylation is 1. The topological polar surface area (TPSA) is 59.5 Å². The van der Waals surface area contributed by atoms with E-state index in [1.165, 1.54) is 12.8 Å². The zero-order valence-electron chi connectivity index (χ0n) is 9.76. The maximum absolute atomic E-state index is 11.3. The first-order chi connectivity index (χ1) is 8.18. The van der Waals surface area contributed by atoms with Gasteiger partial charge in [0, 0.05) is 18.4 Å². The van der Waals surface area contributed by atoms with Crippen molar-refractivity contribution in [3.8, 4) is 0 Å². The van der Waals surface area contributed by atoms with E-state index < -0.39 is 5.97 Å². The van der Waals surface area contributed by atoms with E-state index in [0.717, 1.165) is 18.5 Å². The van der Waals surface area contributed by atoms with Gasteiger partial charge in [0.25, 0.3) is 0 Å². The van der Waals surface area contributed by atoms with E-state index in [0.29, 0.717) is 17.3 Å². The molecule has 5 heteroatoms. The summed E-state index contributed by atoms with van der Waals surface area (Å²) in [4.78, 5) is 11.3. The van der Waals surface area contributed by atoms with Crippen LogP contribution < -0.4 is 0 Å². The number of carboxylic acid groups (broad SMARTS) is 1. The molecule has 90 valence electrons. The lowest BCUT2D eigenvalue weighted by atomic mass is 10.2. The van der Waals surface area contributed by atoms with Gasteiger partial charge in [0.1, 0.15) is 5.56 Å². The summed E-state index contributed by atoms with van der Waals surface area (Å²) in [6.45, 7) is 1.75. The fourth-order valence-corrected chi connectivity index (χ4v) is 2.82. The fourth-order valence-electron chi connectivity index (χ4n) is 2.82. The zero-order chi connectivity index (χ0) is 12.0. The molecule has 0 aliphatic heterocycles. The third-order valence-electron chi connectivity index (χ3n) is 3.61. The molecule has 1 aliphatic rings. The average molecular weight is 233 g/mol. The Balaban J connectivity index is 2.21. The quantitative estimate of drug-likeness (QED) is 0.865. The van der Waals surface area contributed by atoms with Gasteiger partial charge in [-0.15, -0.1) is 0 Å². The fraction of sp³-hybridized carbons (Fsp3) is 0.500. The predicted octanol–water partition coefficient (Wildman–Crippen LogP) is 2.26. The van der Waals surface area contributed by atoms with Gasteiger partial charge in [-0.1, -0.05) is 12.8 Å². The van der Waals surface area contributed by atoms with Crippen molar-refractivity contribution < 1.29 is 9.90 Å². The van der Waals surface area contributed by atoms with E-state index in [1.54, 1.807) is 11.4 Å². The Hall–Kier alpha value is -1.78. The molecule has 17 heavy (non-hydrogen) atoms. The van der Waals surface area contributed by atoms with Gasteiger partial charge in [-0.05, 0) is 19.8 Å². The summed E-state index contributed by atoms with van der Waals surface area (Å²) in [6, 6.07) is 0.432. The number of nitrogens with zero attached hydrogens (tertiary/aromatic N) is 3. The normalized spacial score (nSPS) is 17.0. The van der Waals surface area contributed by atoms with E-state index in [2.05, 4.69) is 9.67 Å². The predicted molar refractivity (Wildman–Crippen MR) is 62.4 cm³/mol. The summed E-state index contributed by atoms with van der Waals surface area (Å²) in [7, 11) is 0. The van der Waals surface area contributed by atoms with Crippen LogP contribution in [0.1, 0.15) is 47.8 Å². The number of fused-ring (bicyclic) bond motifs is 1. The van der Waals surface area contributed by atoms with Crippen LogP contribution in [0.15, 0.2) is 12.4 Å². The summed E-state index contributed by atoms with van der Waals surface area (Å²) in [5.41, 5.74) is 1.64. The van der Waals surface area contributed by atoms with Gasteiger partial charge in [0.2, 0.25) is 0 Å². The van der Waals surface area contributed by atoms with Crippen molar-refractivity contribution in [3.63, 3.8) is 0 Å². The van der Waals surface area contributed by atoms with E-state index >= 15 is 0 Å². The van der Waals surface area contributed by atoms with Gasteiger partial charge in [-0.25, -0.2) is 9.31 Å². The maximum Gasteiger partial charge on any atom is 0.341 e. The van der Waals surface area contributed by atoms with E-state index in [1.807, 2.05) is 12.4 Å². The Labute approximate surface area is 98.7 Å². The number of hydrogen-bond acceptors (Lipinski definition) is 2. The van der Waals surface area contributed by atoms with Crippen molar-refractivity contribution in [1.82, 2.24) is 14.2 Å². The summed E-state index contributed by atoms with van der Waals surface area (Å²) in [6.07, 6.45) is 8.51. The molecule has 1 saturated carbocycles. The Morgan fingerprint density at radius 2 is 2.12 bits per heavy atom. The lowest BCUT2D eigenvalue weighted by Crippen LogP contribution is -2.07. The second-order valence-electron chi connectivity index (χ2n) is 4.68. The molecule has 1 N–H and O–H groups in total. The zero-order valence-corrected chi connectivity index (χ0v) is 9.76. The number of carbonyl (C=O) groups is 1. The van der Waals surface area contributed by atoms with E-state index in [9.17, 15) is 9.90 Å². The highest BCUT2D eigenvalue weighted by Crippen LogP contribution is 2.32. The maximum atomic E-state index is 11.3. The van der Waals surface area contributed by atoms with Crippen molar-refractivity contribution in [2.24, 2.45) is 0 Å². The third-order valence-corrected chi connectivity index (χ3v) is 3.61. The Kier molecular flexibility index (Phi) is 2.21. The molecule has 0 atom stereocenters. The average Bonchev–Trinajstić information content (AvgIpc) is 2.90. The number of hydrogen-bond donors (Lipinski definition) is 1. The van der Waals surface area contributed by atoms with Crippen LogP contribution in [0.3, 0.4) is 0 Å². The van der Waals surface area contributed by atoms with Gasteiger partial charge in [0.05, 0.1) is 5.69 Å². The van der Waals surface area contributed by atoms with Gasteiger partial charge < -0.3 is 9.67 Å². The first-order valence-corrected chi connectivity index (χ1v) is 5.97. The summed E-state index contributed by atoms with van der Waals surface area (Å²) in [5, 5.41) is 13.5. The first kappa shape index (κ1) is 10.4. The first-order valence-electron chi connectivity index (χ1n) is 5.97. The Morgan fingerprint density at radius 3 is 2.76 bits per heavy atom. The summed E-state index contributed by atoms with van der Waals surface area (Å²) < 4.78 is 3.76. The highest BCUT2D eigenvalue weighted by molar-refractivity contribution is 5.96. The molecule has 0 bridgehead atoms. The molecule has 0 amide bonds. The van der Waals surface area contributed by atoms with Crippen LogP contribution >= 0.6 is 0 Å². The van der Waals surface area contributed by atoms with Crippen LogP contribution in [-0.4, -0.2) is 25.3 Å². The molecule has 2 aromatic heterocycles. The highest BCUT2D eigenvalue weighted by Gasteiger charge is 2.24. The lowest BCUT2D eigenvalue weighted by Gasteiger charge is -2.12. The molecule has 1 aliphatic carbocycles. The molecule has 1 fully saturated rings. The van der Waals surface area contributed by atoms with Crippen molar-refractivity contribution in [1.29, 1.82) is 0 Å². The SMILES string of the molecule is Cc1nn2ccn(C3CCCC3)c2c1C(=O)O. The molecule has 3 rings (SSSR count). The van der Waals surface area contributed by atoms with Gasteiger partial charge in [0.15, 0.2) is 5.65 Å². The van der Waals surface area contributed by atoms with Crippen LogP contribution in [0.5, 0.6) is 0 Å². The van der Waals surface area contributed by atoms with Gasteiger partial charge >= 0.3 is 5.97 Å². The van der Waals surface area contributed by atoms with Crippen LogP contribution in [0.2, 0.25) is 0 Å². The molecule has 0 aromatic carbocycles.